The Hall–Kier alpha value is -2.17. The van der Waals surface area contributed by atoms with Gasteiger partial charge in [-0.2, -0.15) is 0 Å². The van der Waals surface area contributed by atoms with Crippen molar-refractivity contribution in [2.24, 2.45) is 0 Å². The van der Waals surface area contributed by atoms with Crippen molar-refractivity contribution in [3.63, 3.8) is 0 Å². The molecule has 14 heavy (non-hydrogen) atoms. The van der Waals surface area contributed by atoms with E-state index in [4.69, 9.17) is 5.11 Å². The molecule has 0 unspecified atom stereocenters. The second-order valence-corrected chi connectivity index (χ2v) is 2.62. The third-order valence-electron chi connectivity index (χ3n) is 1.76. The predicted molar refractivity (Wildman–Crippen MR) is 46.7 cm³/mol. The molecular formula is C9H6N2O3. The van der Waals surface area contributed by atoms with Crippen LogP contribution in [0.1, 0.15) is 10.5 Å². The molecule has 2 aromatic heterocycles. The molecule has 2 heterocycles. The van der Waals surface area contributed by atoms with E-state index in [0.717, 1.165) is 5.56 Å². The van der Waals surface area contributed by atoms with Gasteiger partial charge >= 0.3 is 5.97 Å². The molecule has 0 fully saturated rings. The summed E-state index contributed by atoms with van der Waals surface area (Å²) in [5, 5.41) is 12.2. The van der Waals surface area contributed by atoms with E-state index >= 15 is 0 Å². The molecule has 70 valence electrons. The molecule has 0 aliphatic heterocycles. The van der Waals surface area contributed by atoms with Gasteiger partial charge in [0.25, 0.3) is 0 Å². The van der Waals surface area contributed by atoms with E-state index in [1.54, 1.807) is 24.5 Å². The maximum absolute atomic E-state index is 10.7. The zero-order valence-corrected chi connectivity index (χ0v) is 7.04. The fourth-order valence-electron chi connectivity index (χ4n) is 1.13. The highest BCUT2D eigenvalue weighted by Crippen LogP contribution is 2.21. The van der Waals surface area contributed by atoms with Crippen LogP contribution in [0.2, 0.25) is 0 Å². The molecule has 0 radical (unpaired) electrons. The molecule has 0 aliphatic rings. The smallest absolute Gasteiger partial charge is 0.358 e. The Labute approximate surface area is 79.0 Å². The van der Waals surface area contributed by atoms with Crippen LogP contribution in [0.5, 0.6) is 0 Å². The van der Waals surface area contributed by atoms with Gasteiger partial charge in [-0.15, -0.1) is 0 Å². The topological polar surface area (TPSA) is 76.2 Å². The summed E-state index contributed by atoms with van der Waals surface area (Å²) in [5.41, 5.74) is 1.09. The third-order valence-corrected chi connectivity index (χ3v) is 1.76. The summed E-state index contributed by atoms with van der Waals surface area (Å²) in [6.45, 7) is 0. The van der Waals surface area contributed by atoms with Gasteiger partial charge < -0.3 is 9.63 Å². The van der Waals surface area contributed by atoms with Crippen molar-refractivity contribution in [3.05, 3.63) is 36.5 Å². The van der Waals surface area contributed by atoms with E-state index in [0.29, 0.717) is 5.56 Å². The van der Waals surface area contributed by atoms with Crippen LogP contribution in [0.15, 0.2) is 35.3 Å². The Balaban J connectivity index is 2.52. The highest BCUT2D eigenvalue weighted by Gasteiger charge is 2.15. The lowest BCUT2D eigenvalue weighted by Gasteiger charge is -1.95. The Morgan fingerprint density at radius 2 is 2.07 bits per heavy atom. The van der Waals surface area contributed by atoms with E-state index in [9.17, 15) is 4.79 Å². The van der Waals surface area contributed by atoms with Crippen LogP contribution in [0.4, 0.5) is 0 Å². The zero-order chi connectivity index (χ0) is 9.97. The quantitative estimate of drug-likeness (QED) is 0.775. The SMILES string of the molecule is O=C(O)c1nocc1-c1ccncc1. The van der Waals surface area contributed by atoms with Gasteiger partial charge in [-0.1, -0.05) is 5.16 Å². The number of hydrogen-bond acceptors (Lipinski definition) is 4. The first-order valence-corrected chi connectivity index (χ1v) is 3.87. The van der Waals surface area contributed by atoms with Crippen molar-refractivity contribution in [2.75, 3.05) is 0 Å². The molecule has 5 nitrogen and oxygen atoms in total. The maximum Gasteiger partial charge on any atom is 0.358 e. The standard InChI is InChI=1S/C9H6N2O3/c12-9(13)8-7(5-14-11-8)6-1-3-10-4-2-6/h1-5H,(H,12,13). The number of pyridine rings is 1. The lowest BCUT2D eigenvalue weighted by atomic mass is 10.1. The van der Waals surface area contributed by atoms with Gasteiger partial charge in [-0.25, -0.2) is 4.79 Å². The molecule has 2 rings (SSSR count). The van der Waals surface area contributed by atoms with Crippen molar-refractivity contribution in [3.8, 4) is 11.1 Å². The van der Waals surface area contributed by atoms with Crippen LogP contribution in [-0.4, -0.2) is 21.2 Å². The van der Waals surface area contributed by atoms with Gasteiger partial charge in [0.1, 0.15) is 6.26 Å². The van der Waals surface area contributed by atoms with Crippen LogP contribution in [-0.2, 0) is 0 Å². The monoisotopic (exact) mass is 190 g/mol. The molecule has 1 N–H and O–H groups in total. The third kappa shape index (κ3) is 1.35. The Morgan fingerprint density at radius 1 is 1.36 bits per heavy atom. The second kappa shape index (κ2) is 3.29. The number of carbonyl (C=O) groups is 1. The van der Waals surface area contributed by atoms with E-state index in [1.165, 1.54) is 6.26 Å². The largest absolute Gasteiger partial charge is 0.476 e. The normalized spacial score (nSPS) is 10.0. The summed E-state index contributed by atoms with van der Waals surface area (Å²) < 4.78 is 4.61. The number of aromatic nitrogens is 2. The van der Waals surface area contributed by atoms with Crippen molar-refractivity contribution >= 4 is 5.97 Å². The van der Waals surface area contributed by atoms with Crippen LogP contribution >= 0.6 is 0 Å². The zero-order valence-electron chi connectivity index (χ0n) is 7.04. The van der Waals surface area contributed by atoms with Gasteiger partial charge in [-0.05, 0) is 17.7 Å². The highest BCUT2D eigenvalue weighted by atomic mass is 16.5. The van der Waals surface area contributed by atoms with E-state index < -0.39 is 5.97 Å². The minimum absolute atomic E-state index is 0.0869. The Bertz CT molecular complexity index is 450. The number of carboxylic acid groups (broad SMARTS) is 1. The lowest BCUT2D eigenvalue weighted by molar-refractivity contribution is 0.0686. The van der Waals surface area contributed by atoms with E-state index in [1.807, 2.05) is 0 Å². The molecule has 0 bridgehead atoms. The molecule has 0 saturated heterocycles. The molecule has 0 aliphatic carbocycles. The molecular weight excluding hydrogens is 184 g/mol. The minimum atomic E-state index is -1.11. The van der Waals surface area contributed by atoms with Gasteiger partial charge in [0.15, 0.2) is 5.69 Å². The molecule has 0 aromatic carbocycles. The fraction of sp³-hybridized carbons (Fsp3) is 0. The first-order valence-electron chi connectivity index (χ1n) is 3.87. The molecule has 0 atom stereocenters. The van der Waals surface area contributed by atoms with Gasteiger partial charge in [0.05, 0.1) is 5.56 Å². The number of nitrogens with zero attached hydrogens (tertiary/aromatic N) is 2. The number of aromatic carboxylic acids is 1. The van der Waals surface area contributed by atoms with Crippen LogP contribution in [0.25, 0.3) is 11.1 Å². The van der Waals surface area contributed by atoms with Crippen LogP contribution in [0, 0.1) is 0 Å². The van der Waals surface area contributed by atoms with Gasteiger partial charge in [-0.3, -0.25) is 4.98 Å². The average molecular weight is 190 g/mol. The average Bonchev–Trinajstić information content (AvgIpc) is 2.67. The lowest BCUT2D eigenvalue weighted by Crippen LogP contribution is -1.98. The summed E-state index contributed by atoms with van der Waals surface area (Å²) >= 11 is 0. The molecule has 0 saturated carbocycles. The molecule has 0 spiro atoms. The van der Waals surface area contributed by atoms with Crippen molar-refractivity contribution in [1.82, 2.24) is 10.1 Å². The summed E-state index contributed by atoms with van der Waals surface area (Å²) in [4.78, 5) is 14.5. The molecule has 5 heteroatoms. The fourth-order valence-corrected chi connectivity index (χ4v) is 1.13. The minimum Gasteiger partial charge on any atom is -0.476 e. The number of carboxylic acids is 1. The van der Waals surface area contributed by atoms with Crippen molar-refractivity contribution in [2.45, 2.75) is 0 Å². The maximum atomic E-state index is 10.7. The summed E-state index contributed by atoms with van der Waals surface area (Å²) in [6, 6.07) is 3.39. The second-order valence-electron chi connectivity index (χ2n) is 2.62. The van der Waals surface area contributed by atoms with E-state index in [-0.39, 0.29) is 5.69 Å². The van der Waals surface area contributed by atoms with Crippen LogP contribution < -0.4 is 0 Å². The van der Waals surface area contributed by atoms with Crippen molar-refractivity contribution in [1.29, 1.82) is 0 Å². The first kappa shape index (κ1) is 8.43. The summed E-state index contributed by atoms with van der Waals surface area (Å²) in [6.07, 6.45) is 4.46. The highest BCUT2D eigenvalue weighted by molar-refractivity contribution is 5.93. The van der Waals surface area contributed by atoms with Gasteiger partial charge in [0.2, 0.25) is 0 Å². The van der Waals surface area contributed by atoms with E-state index in [2.05, 4.69) is 14.7 Å². The molecule has 2 aromatic rings. The Morgan fingerprint density at radius 3 is 2.71 bits per heavy atom. The van der Waals surface area contributed by atoms with Crippen LogP contribution in [0.3, 0.4) is 0 Å². The summed E-state index contributed by atoms with van der Waals surface area (Å²) in [5.74, 6) is -1.11. The Kier molecular flexibility index (Phi) is 1.98. The predicted octanol–water partition coefficient (Wildman–Crippen LogP) is 1.43. The first-order chi connectivity index (χ1) is 6.79. The summed E-state index contributed by atoms with van der Waals surface area (Å²) in [7, 11) is 0. The number of hydrogen-bond donors (Lipinski definition) is 1. The molecule has 0 amide bonds. The number of rotatable bonds is 2. The van der Waals surface area contributed by atoms with Crippen molar-refractivity contribution < 1.29 is 14.4 Å². The van der Waals surface area contributed by atoms with Gasteiger partial charge in [0, 0.05) is 12.4 Å².